The van der Waals surface area contributed by atoms with Crippen molar-refractivity contribution in [3.05, 3.63) is 0 Å². The van der Waals surface area contributed by atoms with Gasteiger partial charge >= 0.3 is 0 Å². The molecule has 3 atom stereocenters. The Bertz CT molecular complexity index is 231. The van der Waals surface area contributed by atoms with Gasteiger partial charge < -0.3 is 15.2 Å². The van der Waals surface area contributed by atoms with Gasteiger partial charge in [-0.3, -0.25) is 0 Å². The molecular weight excluding hydrogens is 234 g/mol. The van der Waals surface area contributed by atoms with Gasteiger partial charge in [-0.15, -0.1) is 0 Å². The summed E-state index contributed by atoms with van der Waals surface area (Å²) in [7, 11) is 0. The molecule has 0 aromatic heterocycles. The van der Waals surface area contributed by atoms with Gasteiger partial charge in [0.2, 0.25) is 0 Å². The van der Waals surface area contributed by atoms with Crippen molar-refractivity contribution < 1.29 is 9.84 Å². The Kier molecular flexibility index (Phi) is 5.15. The molecule has 0 aromatic rings. The van der Waals surface area contributed by atoms with E-state index in [0.29, 0.717) is 18.6 Å². The summed E-state index contributed by atoms with van der Waals surface area (Å²) in [6.45, 7) is 4.43. The van der Waals surface area contributed by atoms with Gasteiger partial charge in [-0.2, -0.15) is 11.8 Å². The zero-order valence-corrected chi connectivity index (χ0v) is 11.6. The fourth-order valence-corrected chi connectivity index (χ4v) is 4.13. The van der Waals surface area contributed by atoms with Crippen LogP contribution in [-0.2, 0) is 4.74 Å². The van der Waals surface area contributed by atoms with Gasteiger partial charge in [-0.05, 0) is 43.9 Å². The number of ether oxygens (including phenoxy) is 1. The molecule has 0 aliphatic carbocycles. The minimum atomic E-state index is 0.181. The van der Waals surface area contributed by atoms with Crippen LogP contribution in [0.4, 0.5) is 0 Å². The van der Waals surface area contributed by atoms with Crippen LogP contribution in [0.15, 0.2) is 0 Å². The second kappa shape index (κ2) is 6.41. The Morgan fingerprint density at radius 2 is 2.47 bits per heavy atom. The zero-order chi connectivity index (χ0) is 12.1. The molecule has 3 unspecified atom stereocenters. The maximum absolute atomic E-state index is 8.89. The lowest BCUT2D eigenvalue weighted by Gasteiger charge is -2.38. The number of rotatable bonds is 5. The Morgan fingerprint density at radius 1 is 1.59 bits per heavy atom. The second-order valence-corrected chi connectivity index (χ2v) is 6.65. The maximum atomic E-state index is 8.89. The highest BCUT2D eigenvalue weighted by Crippen LogP contribution is 2.38. The molecule has 17 heavy (non-hydrogen) atoms. The van der Waals surface area contributed by atoms with Crippen molar-refractivity contribution >= 4 is 11.8 Å². The summed E-state index contributed by atoms with van der Waals surface area (Å²) in [4.78, 5) is 0. The highest BCUT2D eigenvalue weighted by Gasteiger charge is 2.40. The van der Waals surface area contributed by atoms with Crippen LogP contribution in [0.25, 0.3) is 0 Å². The van der Waals surface area contributed by atoms with Gasteiger partial charge in [0.05, 0.1) is 5.60 Å². The first-order valence-electron chi connectivity index (χ1n) is 6.80. The van der Waals surface area contributed by atoms with Crippen molar-refractivity contribution in [3.63, 3.8) is 0 Å². The van der Waals surface area contributed by atoms with Crippen molar-refractivity contribution in [2.24, 2.45) is 5.92 Å². The normalized spacial score (nSPS) is 35.3. The minimum Gasteiger partial charge on any atom is -0.396 e. The Morgan fingerprint density at radius 3 is 3.18 bits per heavy atom. The van der Waals surface area contributed by atoms with Gasteiger partial charge in [0, 0.05) is 25.0 Å². The number of hydrogen-bond acceptors (Lipinski definition) is 4. The standard InChI is InChI=1S/C13H25NO2S/c1-11(2-5-15)9-14-12-3-6-16-13(8-12)4-7-17-10-13/h11-12,14-15H,2-10H2,1H3. The molecule has 0 radical (unpaired) electrons. The fourth-order valence-electron chi connectivity index (χ4n) is 2.76. The first kappa shape index (κ1) is 13.7. The van der Waals surface area contributed by atoms with Crippen LogP contribution in [0.1, 0.15) is 32.6 Å². The van der Waals surface area contributed by atoms with E-state index in [1.54, 1.807) is 0 Å². The molecule has 2 heterocycles. The van der Waals surface area contributed by atoms with Crippen molar-refractivity contribution in [1.29, 1.82) is 0 Å². The van der Waals surface area contributed by atoms with Gasteiger partial charge in [0.15, 0.2) is 0 Å². The quantitative estimate of drug-likeness (QED) is 0.788. The number of aliphatic hydroxyl groups excluding tert-OH is 1. The minimum absolute atomic E-state index is 0.181. The summed E-state index contributed by atoms with van der Waals surface area (Å²) in [5.74, 6) is 3.00. The predicted octanol–water partition coefficient (Wildman–Crippen LogP) is 1.65. The largest absolute Gasteiger partial charge is 0.396 e. The molecule has 0 amide bonds. The monoisotopic (exact) mass is 259 g/mol. The molecule has 0 aromatic carbocycles. The third-order valence-corrected chi connectivity index (χ3v) is 5.16. The maximum Gasteiger partial charge on any atom is 0.0795 e. The molecule has 2 aliphatic heterocycles. The van der Waals surface area contributed by atoms with E-state index in [-0.39, 0.29) is 5.60 Å². The molecule has 100 valence electrons. The van der Waals surface area contributed by atoms with Crippen LogP contribution in [0, 0.1) is 5.92 Å². The molecule has 0 bridgehead atoms. The molecule has 3 nitrogen and oxygen atoms in total. The summed E-state index contributed by atoms with van der Waals surface area (Å²) < 4.78 is 6.01. The van der Waals surface area contributed by atoms with Crippen molar-refractivity contribution in [2.75, 3.05) is 31.3 Å². The van der Waals surface area contributed by atoms with Crippen LogP contribution in [0.2, 0.25) is 0 Å². The van der Waals surface area contributed by atoms with E-state index < -0.39 is 0 Å². The number of nitrogens with one attached hydrogen (secondary N) is 1. The third-order valence-electron chi connectivity index (χ3n) is 3.94. The van der Waals surface area contributed by atoms with Crippen LogP contribution in [-0.4, -0.2) is 48.0 Å². The summed E-state index contributed by atoms with van der Waals surface area (Å²) in [5, 5.41) is 12.5. The molecule has 2 aliphatic rings. The number of aliphatic hydroxyl groups is 1. The predicted molar refractivity (Wildman–Crippen MR) is 72.5 cm³/mol. The zero-order valence-electron chi connectivity index (χ0n) is 10.8. The van der Waals surface area contributed by atoms with Crippen molar-refractivity contribution in [1.82, 2.24) is 5.32 Å². The first-order valence-corrected chi connectivity index (χ1v) is 7.95. The molecule has 0 saturated carbocycles. The average Bonchev–Trinajstić information content (AvgIpc) is 2.75. The molecule has 2 fully saturated rings. The van der Waals surface area contributed by atoms with E-state index in [4.69, 9.17) is 9.84 Å². The fraction of sp³-hybridized carbons (Fsp3) is 1.00. The average molecular weight is 259 g/mol. The summed E-state index contributed by atoms with van der Waals surface area (Å²) in [6, 6.07) is 0.614. The Balaban J connectivity index is 1.74. The van der Waals surface area contributed by atoms with Crippen molar-refractivity contribution in [2.45, 2.75) is 44.2 Å². The smallest absolute Gasteiger partial charge is 0.0795 e. The lowest BCUT2D eigenvalue weighted by Crippen LogP contribution is -2.48. The third kappa shape index (κ3) is 3.85. The molecule has 2 saturated heterocycles. The molecule has 2 rings (SSSR count). The topological polar surface area (TPSA) is 41.5 Å². The van der Waals surface area contributed by atoms with E-state index >= 15 is 0 Å². The number of hydrogen-bond donors (Lipinski definition) is 2. The van der Waals surface area contributed by atoms with E-state index in [2.05, 4.69) is 12.2 Å². The van der Waals surface area contributed by atoms with Gasteiger partial charge in [0.25, 0.3) is 0 Å². The second-order valence-electron chi connectivity index (χ2n) is 5.55. The van der Waals surface area contributed by atoms with Crippen LogP contribution >= 0.6 is 11.8 Å². The van der Waals surface area contributed by atoms with Crippen LogP contribution in [0.3, 0.4) is 0 Å². The molecule has 1 spiro atoms. The van der Waals surface area contributed by atoms with E-state index in [9.17, 15) is 0 Å². The summed E-state index contributed by atoms with van der Waals surface area (Å²) >= 11 is 2.03. The summed E-state index contributed by atoms with van der Waals surface area (Å²) in [6.07, 6.45) is 4.43. The van der Waals surface area contributed by atoms with E-state index in [0.717, 1.165) is 26.0 Å². The molecule has 2 N–H and O–H groups in total. The van der Waals surface area contributed by atoms with Crippen LogP contribution in [0.5, 0.6) is 0 Å². The highest BCUT2D eigenvalue weighted by atomic mass is 32.2. The molecule has 4 heteroatoms. The number of thioether (sulfide) groups is 1. The Labute approximate surface area is 109 Å². The SMILES string of the molecule is CC(CCO)CNC1CCOC2(CCSC2)C1. The van der Waals surface area contributed by atoms with E-state index in [1.165, 1.54) is 24.3 Å². The van der Waals surface area contributed by atoms with E-state index in [1.807, 2.05) is 11.8 Å². The van der Waals surface area contributed by atoms with Gasteiger partial charge in [-0.1, -0.05) is 6.92 Å². The lowest BCUT2D eigenvalue weighted by atomic mass is 9.89. The first-order chi connectivity index (χ1) is 8.24. The summed E-state index contributed by atoms with van der Waals surface area (Å²) in [5.41, 5.74) is 0.181. The van der Waals surface area contributed by atoms with Gasteiger partial charge in [-0.25, -0.2) is 0 Å². The highest BCUT2D eigenvalue weighted by molar-refractivity contribution is 7.99. The van der Waals surface area contributed by atoms with Crippen molar-refractivity contribution in [3.8, 4) is 0 Å². The van der Waals surface area contributed by atoms with Gasteiger partial charge in [0.1, 0.15) is 0 Å². The lowest BCUT2D eigenvalue weighted by molar-refractivity contribution is -0.0704. The molecular formula is C13H25NO2S. The van der Waals surface area contributed by atoms with Crippen LogP contribution < -0.4 is 5.32 Å². The Hall–Kier alpha value is 0.230.